The number of nitrogen functional groups attached to an aromatic ring is 1. The second kappa shape index (κ2) is 7.92. The lowest BCUT2D eigenvalue weighted by Crippen LogP contribution is -1.97. The van der Waals surface area contributed by atoms with Gasteiger partial charge in [0.2, 0.25) is 0 Å². The van der Waals surface area contributed by atoms with Gasteiger partial charge in [-0.1, -0.05) is 41.9 Å². The number of anilines is 1. The molecule has 5 nitrogen and oxygen atoms in total. The van der Waals surface area contributed by atoms with Gasteiger partial charge in [-0.15, -0.1) is 0 Å². The van der Waals surface area contributed by atoms with E-state index in [1.807, 2.05) is 0 Å². The van der Waals surface area contributed by atoms with E-state index >= 15 is 0 Å². The molecule has 0 aliphatic carbocycles. The van der Waals surface area contributed by atoms with E-state index < -0.39 is 11.8 Å². The molecular formula is C17H12Cl2FN3O2. The molecule has 0 spiro atoms. The largest absolute Gasteiger partial charge is 0.478 e. The molecular weight excluding hydrogens is 368 g/mol. The number of hydrogen-bond donors (Lipinski definition) is 2. The van der Waals surface area contributed by atoms with Crippen molar-refractivity contribution in [1.82, 2.24) is 9.97 Å². The summed E-state index contributed by atoms with van der Waals surface area (Å²) in [5.41, 5.74) is 7.51. The van der Waals surface area contributed by atoms with E-state index in [1.165, 1.54) is 12.4 Å². The molecule has 0 amide bonds. The smallest absolute Gasteiger partial charge is 0.327 e. The first kappa shape index (κ1) is 18.6. The number of aliphatic carboxylic acids is 1. The normalized spacial score (nSPS) is 10.0. The van der Waals surface area contributed by atoms with Gasteiger partial charge in [0.1, 0.15) is 23.5 Å². The summed E-state index contributed by atoms with van der Waals surface area (Å²) in [6, 6.07) is 8.12. The Morgan fingerprint density at radius 3 is 2.48 bits per heavy atom. The fraction of sp³-hybridized carbons (Fsp3) is 0. The average molecular weight is 380 g/mol. The zero-order valence-corrected chi connectivity index (χ0v) is 14.2. The highest BCUT2D eigenvalue weighted by molar-refractivity contribution is 6.42. The second-order valence-corrected chi connectivity index (χ2v) is 5.56. The first-order valence-corrected chi connectivity index (χ1v) is 7.60. The minimum absolute atomic E-state index is 0.182. The quantitative estimate of drug-likeness (QED) is 0.635. The molecule has 0 fully saturated rings. The monoisotopic (exact) mass is 379 g/mol. The summed E-state index contributed by atoms with van der Waals surface area (Å²) < 4.78 is 13.8. The molecule has 3 N–H and O–H groups in total. The van der Waals surface area contributed by atoms with Crippen LogP contribution in [0.25, 0.3) is 22.0 Å². The van der Waals surface area contributed by atoms with Crippen LogP contribution in [0.1, 0.15) is 0 Å². The Balaban J connectivity index is 0.000000399. The molecule has 0 bridgehead atoms. The summed E-state index contributed by atoms with van der Waals surface area (Å²) in [6.07, 6.45) is 2.07. The molecule has 0 radical (unpaired) electrons. The molecule has 0 atom stereocenters. The van der Waals surface area contributed by atoms with E-state index in [9.17, 15) is 9.18 Å². The Morgan fingerprint density at radius 1 is 1.20 bits per heavy atom. The van der Waals surface area contributed by atoms with Crippen molar-refractivity contribution < 1.29 is 14.3 Å². The van der Waals surface area contributed by atoms with Crippen molar-refractivity contribution in [2.45, 2.75) is 0 Å². The summed E-state index contributed by atoms with van der Waals surface area (Å²) in [6.45, 7) is 2.96. The molecule has 25 heavy (non-hydrogen) atoms. The minimum atomic E-state index is -0.981. The fourth-order valence-corrected chi connectivity index (χ4v) is 2.37. The summed E-state index contributed by atoms with van der Waals surface area (Å²) in [4.78, 5) is 17.1. The Morgan fingerprint density at radius 2 is 1.88 bits per heavy atom. The third kappa shape index (κ3) is 4.23. The molecule has 8 heteroatoms. The Bertz CT molecular complexity index is 964. The van der Waals surface area contributed by atoms with Gasteiger partial charge in [0.25, 0.3) is 0 Å². The van der Waals surface area contributed by atoms with Gasteiger partial charge >= 0.3 is 5.97 Å². The van der Waals surface area contributed by atoms with Crippen molar-refractivity contribution in [2.24, 2.45) is 0 Å². The minimum Gasteiger partial charge on any atom is -0.478 e. The molecule has 0 aliphatic rings. The number of carboxylic acid groups (broad SMARTS) is 1. The van der Waals surface area contributed by atoms with Crippen LogP contribution in [-0.4, -0.2) is 21.0 Å². The topological polar surface area (TPSA) is 89.1 Å². The van der Waals surface area contributed by atoms with E-state index in [2.05, 4.69) is 16.5 Å². The zero-order chi connectivity index (χ0) is 18.6. The summed E-state index contributed by atoms with van der Waals surface area (Å²) in [7, 11) is 0. The average Bonchev–Trinajstić information content (AvgIpc) is 2.59. The molecule has 1 heterocycles. The second-order valence-electron chi connectivity index (χ2n) is 4.75. The number of benzene rings is 2. The number of carboxylic acids is 1. The van der Waals surface area contributed by atoms with Gasteiger partial charge in [0.15, 0.2) is 0 Å². The lowest BCUT2D eigenvalue weighted by atomic mass is 10.0. The van der Waals surface area contributed by atoms with Crippen LogP contribution < -0.4 is 5.73 Å². The zero-order valence-electron chi connectivity index (χ0n) is 12.7. The number of aromatic nitrogens is 2. The number of fused-ring (bicyclic) bond motifs is 1. The predicted molar refractivity (Wildman–Crippen MR) is 97.2 cm³/mol. The number of nitrogens with zero attached hydrogens (tertiary/aromatic N) is 2. The first-order valence-electron chi connectivity index (χ1n) is 6.84. The van der Waals surface area contributed by atoms with E-state index in [0.29, 0.717) is 21.0 Å². The highest BCUT2D eigenvalue weighted by Crippen LogP contribution is 2.34. The van der Waals surface area contributed by atoms with Gasteiger partial charge < -0.3 is 10.8 Å². The molecule has 3 rings (SSSR count). The number of rotatable bonds is 2. The van der Waals surface area contributed by atoms with E-state index in [0.717, 1.165) is 11.6 Å². The highest BCUT2D eigenvalue weighted by atomic mass is 35.5. The van der Waals surface area contributed by atoms with Gasteiger partial charge in [-0.05, 0) is 29.3 Å². The molecule has 0 saturated carbocycles. The molecule has 2 aromatic carbocycles. The van der Waals surface area contributed by atoms with Crippen LogP contribution in [0.3, 0.4) is 0 Å². The molecule has 0 aliphatic heterocycles. The molecule has 128 valence electrons. The Kier molecular flexibility index (Phi) is 5.90. The SMILES string of the molecule is C=CC(=O)O.Nc1ncnc2c(F)ccc(-c3ccc(Cl)c(Cl)c3)c12. The standard InChI is InChI=1S/C14H8Cl2FN3.C3H4O2/c15-9-3-1-7(5-10(9)16)8-2-4-11(17)13-12(8)14(18)20-6-19-13;1-2-3(4)5/h1-6H,(H2,18,19,20);2H,1H2,(H,4,5). The van der Waals surface area contributed by atoms with Crippen LogP contribution in [-0.2, 0) is 4.79 Å². The van der Waals surface area contributed by atoms with Gasteiger partial charge in [0, 0.05) is 6.08 Å². The summed E-state index contributed by atoms with van der Waals surface area (Å²) in [5, 5.41) is 8.93. The maximum atomic E-state index is 13.8. The van der Waals surface area contributed by atoms with Crippen LogP contribution in [0, 0.1) is 5.82 Å². The van der Waals surface area contributed by atoms with Crippen molar-refractivity contribution in [3.05, 3.63) is 65.2 Å². The Labute approximate surface area is 152 Å². The molecule has 3 aromatic rings. The van der Waals surface area contributed by atoms with Gasteiger partial charge in [0.05, 0.1) is 15.4 Å². The fourth-order valence-electron chi connectivity index (χ4n) is 2.07. The lowest BCUT2D eigenvalue weighted by molar-refractivity contribution is -0.131. The molecule has 0 unspecified atom stereocenters. The van der Waals surface area contributed by atoms with Crippen LogP contribution in [0.15, 0.2) is 49.3 Å². The van der Waals surface area contributed by atoms with Crippen LogP contribution in [0.5, 0.6) is 0 Å². The van der Waals surface area contributed by atoms with Gasteiger partial charge in [-0.25, -0.2) is 19.2 Å². The van der Waals surface area contributed by atoms with E-state index in [1.54, 1.807) is 24.3 Å². The maximum absolute atomic E-state index is 13.8. The van der Waals surface area contributed by atoms with Crippen molar-refractivity contribution in [1.29, 1.82) is 0 Å². The van der Waals surface area contributed by atoms with Crippen molar-refractivity contribution in [3.8, 4) is 11.1 Å². The predicted octanol–water partition coefficient (Wildman–Crippen LogP) is 4.58. The van der Waals surface area contributed by atoms with Crippen LogP contribution in [0.2, 0.25) is 10.0 Å². The van der Waals surface area contributed by atoms with Crippen molar-refractivity contribution in [3.63, 3.8) is 0 Å². The number of carbonyl (C=O) groups is 1. The van der Waals surface area contributed by atoms with Crippen molar-refractivity contribution in [2.75, 3.05) is 5.73 Å². The molecule has 1 aromatic heterocycles. The number of halogens is 3. The highest BCUT2D eigenvalue weighted by Gasteiger charge is 2.13. The van der Waals surface area contributed by atoms with E-state index in [-0.39, 0.29) is 11.3 Å². The lowest BCUT2D eigenvalue weighted by Gasteiger charge is -2.09. The van der Waals surface area contributed by atoms with Crippen LogP contribution >= 0.6 is 23.2 Å². The van der Waals surface area contributed by atoms with Gasteiger partial charge in [-0.2, -0.15) is 0 Å². The first-order chi connectivity index (χ1) is 11.8. The van der Waals surface area contributed by atoms with E-state index in [4.69, 9.17) is 34.0 Å². The van der Waals surface area contributed by atoms with Gasteiger partial charge in [-0.3, -0.25) is 0 Å². The summed E-state index contributed by atoms with van der Waals surface area (Å²) >= 11 is 11.9. The maximum Gasteiger partial charge on any atom is 0.327 e. The molecule has 0 saturated heterocycles. The Hall–Kier alpha value is -2.70. The van der Waals surface area contributed by atoms with Crippen LogP contribution in [0.4, 0.5) is 10.2 Å². The third-order valence-corrected chi connectivity index (χ3v) is 3.91. The number of nitrogens with two attached hydrogens (primary N) is 1. The van der Waals surface area contributed by atoms with Crippen molar-refractivity contribution >= 4 is 45.9 Å². The third-order valence-electron chi connectivity index (χ3n) is 3.17. The number of hydrogen-bond acceptors (Lipinski definition) is 4. The summed E-state index contributed by atoms with van der Waals surface area (Å²) in [5.74, 6) is -1.21.